The monoisotopic (exact) mass is 450 g/mol. The van der Waals surface area contributed by atoms with E-state index in [1.54, 1.807) is 4.68 Å². The quantitative estimate of drug-likeness (QED) is 0.468. The van der Waals surface area contributed by atoms with E-state index in [0.717, 1.165) is 47.8 Å². The first kappa shape index (κ1) is 20.8. The van der Waals surface area contributed by atoms with Gasteiger partial charge in [0.15, 0.2) is 0 Å². The molecule has 7 nitrogen and oxygen atoms in total. The number of aromatic nitrogens is 4. The number of carbonyl (C=O) groups excluding carboxylic acids is 1. The lowest BCUT2D eigenvalue weighted by Crippen LogP contribution is -2.16. The van der Waals surface area contributed by atoms with E-state index < -0.39 is 0 Å². The lowest BCUT2D eigenvalue weighted by molar-refractivity contribution is -0.148. The van der Waals surface area contributed by atoms with Gasteiger partial charge in [-0.2, -0.15) is 0 Å². The number of pyridine rings is 1. The summed E-state index contributed by atoms with van der Waals surface area (Å²) in [6, 6.07) is 3.87. The van der Waals surface area contributed by atoms with Crippen LogP contribution in [0.2, 0.25) is 0 Å². The van der Waals surface area contributed by atoms with Crippen LogP contribution in [0.15, 0.2) is 12.1 Å². The highest BCUT2D eigenvalue weighted by Crippen LogP contribution is 2.33. The minimum Gasteiger partial charge on any atom is -0.489 e. The van der Waals surface area contributed by atoms with Gasteiger partial charge in [0.05, 0.1) is 29.3 Å². The zero-order valence-corrected chi connectivity index (χ0v) is 18.4. The van der Waals surface area contributed by atoms with Crippen molar-refractivity contribution in [1.29, 1.82) is 0 Å². The predicted octanol–water partition coefficient (Wildman–Crippen LogP) is 3.97. The van der Waals surface area contributed by atoms with Gasteiger partial charge in [-0.1, -0.05) is 21.1 Å². The van der Waals surface area contributed by atoms with Gasteiger partial charge in [-0.3, -0.25) is 9.48 Å². The first-order valence-corrected chi connectivity index (χ1v) is 10.8. The standard InChI is InChI=1S/C20H27BrN4O3/c1-12(2)27-19(26)10-14-5-6-15(9-14)28-18-8-7-16(22-13(18)3)20-17(11-21)25(4)24-23-20/h7-8,12,14-15H,5-6,9-11H2,1-4H3. The highest BCUT2D eigenvalue weighted by molar-refractivity contribution is 9.08. The molecule has 0 aromatic carbocycles. The summed E-state index contributed by atoms with van der Waals surface area (Å²) in [7, 11) is 1.87. The third-order valence-electron chi connectivity index (χ3n) is 4.96. The van der Waals surface area contributed by atoms with Crippen molar-refractivity contribution in [3.8, 4) is 17.1 Å². The fourth-order valence-corrected chi connectivity index (χ4v) is 4.21. The molecule has 0 spiro atoms. The summed E-state index contributed by atoms with van der Waals surface area (Å²) in [5.41, 5.74) is 3.37. The van der Waals surface area contributed by atoms with Gasteiger partial charge in [0, 0.05) is 18.8 Å². The van der Waals surface area contributed by atoms with Gasteiger partial charge in [0.1, 0.15) is 11.4 Å². The second-order valence-electron chi connectivity index (χ2n) is 7.58. The fraction of sp³-hybridized carbons (Fsp3) is 0.600. The topological polar surface area (TPSA) is 79.1 Å². The van der Waals surface area contributed by atoms with Crippen LogP contribution < -0.4 is 4.74 Å². The highest BCUT2D eigenvalue weighted by atomic mass is 79.9. The van der Waals surface area contributed by atoms with Crippen molar-refractivity contribution in [3.63, 3.8) is 0 Å². The van der Waals surface area contributed by atoms with E-state index in [9.17, 15) is 4.79 Å². The summed E-state index contributed by atoms with van der Waals surface area (Å²) in [5.74, 6) is 0.989. The average molecular weight is 451 g/mol. The van der Waals surface area contributed by atoms with Crippen LogP contribution in [0.4, 0.5) is 0 Å². The Bertz CT molecular complexity index is 837. The molecule has 0 saturated heterocycles. The maximum Gasteiger partial charge on any atom is 0.306 e. The highest BCUT2D eigenvalue weighted by Gasteiger charge is 2.29. The number of halogens is 1. The molecule has 152 valence electrons. The Morgan fingerprint density at radius 3 is 2.82 bits per heavy atom. The van der Waals surface area contributed by atoms with E-state index in [1.165, 1.54) is 0 Å². The molecule has 0 aliphatic heterocycles. The Labute approximate surface area is 173 Å². The molecule has 2 aromatic rings. The number of alkyl halides is 1. The summed E-state index contributed by atoms with van der Waals surface area (Å²) < 4.78 is 13.2. The van der Waals surface area contributed by atoms with E-state index in [2.05, 4.69) is 31.2 Å². The van der Waals surface area contributed by atoms with Crippen molar-refractivity contribution < 1.29 is 14.3 Å². The summed E-state index contributed by atoms with van der Waals surface area (Å²) in [4.78, 5) is 16.5. The maximum absolute atomic E-state index is 11.9. The average Bonchev–Trinajstić information content (AvgIpc) is 3.22. The summed E-state index contributed by atoms with van der Waals surface area (Å²) in [5, 5.41) is 8.96. The Kier molecular flexibility index (Phi) is 6.69. The lowest BCUT2D eigenvalue weighted by Gasteiger charge is -2.16. The number of rotatable bonds is 7. The summed E-state index contributed by atoms with van der Waals surface area (Å²) >= 11 is 3.48. The number of nitrogens with zero attached hydrogens (tertiary/aromatic N) is 4. The van der Waals surface area contributed by atoms with Crippen molar-refractivity contribution in [2.45, 2.75) is 64.0 Å². The van der Waals surface area contributed by atoms with Gasteiger partial charge in [-0.25, -0.2) is 4.98 Å². The first-order chi connectivity index (χ1) is 13.4. The molecule has 28 heavy (non-hydrogen) atoms. The van der Waals surface area contributed by atoms with Gasteiger partial charge in [-0.05, 0) is 58.1 Å². The van der Waals surface area contributed by atoms with Crippen LogP contribution in [0.1, 0.15) is 50.9 Å². The zero-order chi connectivity index (χ0) is 20.3. The van der Waals surface area contributed by atoms with Crippen LogP contribution in [-0.2, 0) is 21.9 Å². The molecule has 1 aliphatic carbocycles. The Morgan fingerprint density at radius 1 is 1.36 bits per heavy atom. The Balaban J connectivity index is 1.62. The maximum atomic E-state index is 11.9. The van der Waals surface area contributed by atoms with Crippen LogP contribution in [0.3, 0.4) is 0 Å². The molecule has 8 heteroatoms. The van der Waals surface area contributed by atoms with E-state index in [0.29, 0.717) is 17.7 Å². The molecule has 0 N–H and O–H groups in total. The van der Waals surface area contributed by atoms with Crippen LogP contribution in [-0.4, -0.2) is 38.2 Å². The van der Waals surface area contributed by atoms with E-state index in [4.69, 9.17) is 9.47 Å². The third kappa shape index (κ3) is 4.90. The minimum atomic E-state index is -0.116. The van der Waals surface area contributed by atoms with Crippen LogP contribution in [0.25, 0.3) is 11.4 Å². The SMILES string of the molecule is Cc1nc(-c2nnn(C)c2CBr)ccc1OC1CCC(CC(=O)OC(C)C)C1. The molecule has 1 fully saturated rings. The number of hydrogen-bond acceptors (Lipinski definition) is 6. The lowest BCUT2D eigenvalue weighted by atomic mass is 10.0. The molecule has 1 saturated carbocycles. The van der Waals surface area contributed by atoms with E-state index in [-0.39, 0.29) is 18.2 Å². The predicted molar refractivity (Wildman–Crippen MR) is 109 cm³/mol. The zero-order valence-electron chi connectivity index (χ0n) is 16.8. The van der Waals surface area contributed by atoms with Crippen molar-refractivity contribution in [2.75, 3.05) is 0 Å². The smallest absolute Gasteiger partial charge is 0.306 e. The van der Waals surface area contributed by atoms with Crippen molar-refractivity contribution in [3.05, 3.63) is 23.5 Å². The van der Waals surface area contributed by atoms with Crippen molar-refractivity contribution in [1.82, 2.24) is 20.0 Å². The summed E-state index contributed by atoms with van der Waals surface area (Å²) in [6.45, 7) is 5.69. The Hall–Kier alpha value is -1.96. The third-order valence-corrected chi connectivity index (χ3v) is 5.49. The number of hydrogen-bond donors (Lipinski definition) is 0. The molecule has 0 amide bonds. The second kappa shape index (κ2) is 9.03. The Morgan fingerprint density at radius 2 is 2.14 bits per heavy atom. The van der Waals surface area contributed by atoms with E-state index in [1.807, 2.05) is 40.0 Å². The molecule has 0 radical (unpaired) electrons. The van der Waals surface area contributed by atoms with Gasteiger partial charge < -0.3 is 9.47 Å². The normalized spacial score (nSPS) is 19.2. The van der Waals surface area contributed by atoms with E-state index >= 15 is 0 Å². The van der Waals surface area contributed by atoms with Gasteiger partial charge in [0.25, 0.3) is 0 Å². The summed E-state index contributed by atoms with van der Waals surface area (Å²) in [6.07, 6.45) is 3.31. The molecule has 1 aliphatic rings. The molecular weight excluding hydrogens is 424 g/mol. The van der Waals surface area contributed by atoms with Gasteiger partial charge >= 0.3 is 5.97 Å². The molecule has 2 atom stereocenters. The molecule has 0 bridgehead atoms. The van der Waals surface area contributed by atoms with Crippen LogP contribution >= 0.6 is 15.9 Å². The van der Waals surface area contributed by atoms with Crippen LogP contribution in [0, 0.1) is 12.8 Å². The molecule has 2 unspecified atom stereocenters. The number of esters is 1. The van der Waals surface area contributed by atoms with Gasteiger partial charge in [0.2, 0.25) is 0 Å². The largest absolute Gasteiger partial charge is 0.489 e. The molecular formula is C20H27BrN4O3. The number of aryl methyl sites for hydroxylation is 2. The number of carbonyl (C=O) groups is 1. The second-order valence-corrected chi connectivity index (χ2v) is 8.14. The fourth-order valence-electron chi connectivity index (χ4n) is 3.58. The minimum absolute atomic E-state index is 0.0625. The number of ether oxygens (including phenoxy) is 2. The van der Waals surface area contributed by atoms with Crippen molar-refractivity contribution >= 4 is 21.9 Å². The van der Waals surface area contributed by atoms with Gasteiger partial charge in [-0.15, -0.1) is 5.10 Å². The molecule has 3 rings (SSSR count). The molecule has 2 heterocycles. The molecule has 2 aromatic heterocycles. The first-order valence-electron chi connectivity index (χ1n) is 9.66. The van der Waals surface area contributed by atoms with Crippen LogP contribution in [0.5, 0.6) is 5.75 Å². The van der Waals surface area contributed by atoms with Crippen molar-refractivity contribution in [2.24, 2.45) is 13.0 Å².